The standard InChI is InChI=1S/C21H25F2NO3/c1-13-20(21(26)27-15-7-5-3-2-4-6-8-15)17(12-19(25)24-13)16-10-9-14(22)11-18(16)23/h9-11,15,17H,2-8,12H2,1H3,(H,24,25)/t17-/m0/s1. The molecule has 6 heteroatoms. The van der Waals surface area contributed by atoms with E-state index in [9.17, 15) is 18.4 Å². The normalized spacial score (nSPS) is 22.0. The molecule has 1 N–H and O–H groups in total. The van der Waals surface area contributed by atoms with Crippen LogP contribution in [0.4, 0.5) is 8.78 Å². The highest BCUT2D eigenvalue weighted by Crippen LogP contribution is 2.35. The Morgan fingerprint density at radius 2 is 1.78 bits per heavy atom. The number of carbonyl (C=O) groups excluding carboxylic acids is 2. The Hall–Kier alpha value is -2.24. The number of rotatable bonds is 3. The van der Waals surface area contributed by atoms with Crippen molar-refractivity contribution in [2.24, 2.45) is 0 Å². The summed E-state index contributed by atoms with van der Waals surface area (Å²) >= 11 is 0. The van der Waals surface area contributed by atoms with E-state index >= 15 is 0 Å². The number of nitrogens with one attached hydrogen (secondary N) is 1. The van der Waals surface area contributed by atoms with Gasteiger partial charge in [-0.15, -0.1) is 0 Å². The van der Waals surface area contributed by atoms with E-state index < -0.39 is 23.5 Å². The van der Waals surface area contributed by atoms with Gasteiger partial charge in [0.25, 0.3) is 0 Å². The lowest BCUT2D eigenvalue weighted by Gasteiger charge is -2.28. The molecular formula is C21H25F2NO3. The summed E-state index contributed by atoms with van der Waals surface area (Å²) in [6, 6.07) is 3.21. The van der Waals surface area contributed by atoms with Crippen LogP contribution in [0.5, 0.6) is 0 Å². The summed E-state index contributed by atoms with van der Waals surface area (Å²) in [6.07, 6.45) is 6.92. The van der Waals surface area contributed by atoms with Crippen LogP contribution in [0.15, 0.2) is 29.5 Å². The lowest BCUT2D eigenvalue weighted by Crippen LogP contribution is -2.35. The zero-order valence-corrected chi connectivity index (χ0v) is 15.5. The topological polar surface area (TPSA) is 55.4 Å². The summed E-state index contributed by atoms with van der Waals surface area (Å²) < 4.78 is 33.4. The SMILES string of the molecule is CC1=C(C(=O)OC2CCCCCCC2)[C@H](c2ccc(F)cc2F)CC(=O)N1. The number of halogens is 2. The van der Waals surface area contributed by atoms with Crippen LogP contribution >= 0.6 is 0 Å². The molecule has 0 saturated heterocycles. The monoisotopic (exact) mass is 377 g/mol. The molecule has 1 saturated carbocycles. The van der Waals surface area contributed by atoms with Gasteiger partial charge in [0.15, 0.2) is 0 Å². The van der Waals surface area contributed by atoms with Crippen LogP contribution in [0.3, 0.4) is 0 Å². The second kappa shape index (κ2) is 8.63. The van der Waals surface area contributed by atoms with Crippen LogP contribution in [0, 0.1) is 11.6 Å². The van der Waals surface area contributed by atoms with Crippen molar-refractivity contribution in [1.29, 1.82) is 0 Å². The first-order chi connectivity index (χ1) is 13.0. The summed E-state index contributed by atoms with van der Waals surface area (Å²) in [7, 11) is 0. The molecule has 146 valence electrons. The third-order valence-corrected chi connectivity index (χ3v) is 5.35. The highest BCUT2D eigenvalue weighted by Gasteiger charge is 2.35. The van der Waals surface area contributed by atoms with E-state index in [-0.39, 0.29) is 29.6 Å². The summed E-state index contributed by atoms with van der Waals surface area (Å²) in [4.78, 5) is 24.9. The number of benzene rings is 1. The van der Waals surface area contributed by atoms with E-state index in [4.69, 9.17) is 4.74 Å². The van der Waals surface area contributed by atoms with Crippen molar-refractivity contribution in [2.75, 3.05) is 0 Å². The minimum Gasteiger partial charge on any atom is -0.459 e. The Balaban J connectivity index is 1.85. The fraction of sp³-hybridized carbons (Fsp3) is 0.524. The van der Waals surface area contributed by atoms with E-state index in [0.29, 0.717) is 5.70 Å². The van der Waals surface area contributed by atoms with Crippen molar-refractivity contribution in [3.63, 3.8) is 0 Å². The van der Waals surface area contributed by atoms with Gasteiger partial charge in [-0.05, 0) is 44.2 Å². The largest absolute Gasteiger partial charge is 0.459 e. The van der Waals surface area contributed by atoms with E-state index in [2.05, 4.69) is 5.32 Å². The average Bonchev–Trinajstić information content (AvgIpc) is 2.56. The van der Waals surface area contributed by atoms with Gasteiger partial charge in [-0.1, -0.05) is 25.3 Å². The Kier molecular flexibility index (Phi) is 6.24. The first-order valence-electron chi connectivity index (χ1n) is 9.62. The summed E-state index contributed by atoms with van der Waals surface area (Å²) in [6.45, 7) is 1.61. The minimum atomic E-state index is -0.777. The number of allylic oxidation sites excluding steroid dienone is 1. The first kappa shape index (κ1) is 19.5. The second-order valence-corrected chi connectivity index (χ2v) is 7.38. The van der Waals surface area contributed by atoms with Crippen LogP contribution in [0.1, 0.15) is 69.8 Å². The lowest BCUT2D eigenvalue weighted by molar-refractivity contribution is -0.145. The lowest BCUT2D eigenvalue weighted by atomic mass is 9.84. The Bertz CT molecular complexity index is 752. The van der Waals surface area contributed by atoms with Gasteiger partial charge in [0.2, 0.25) is 5.91 Å². The molecule has 1 heterocycles. The van der Waals surface area contributed by atoms with Crippen LogP contribution in [0.25, 0.3) is 0 Å². The maximum atomic E-state index is 14.3. The first-order valence-corrected chi connectivity index (χ1v) is 9.62. The Morgan fingerprint density at radius 1 is 1.11 bits per heavy atom. The molecule has 0 aromatic heterocycles. The summed E-state index contributed by atoms with van der Waals surface area (Å²) in [5, 5.41) is 2.64. The molecule has 0 bridgehead atoms. The summed E-state index contributed by atoms with van der Waals surface area (Å²) in [5.41, 5.74) is 0.758. The zero-order chi connectivity index (χ0) is 19.4. The third kappa shape index (κ3) is 4.73. The third-order valence-electron chi connectivity index (χ3n) is 5.35. The molecule has 0 unspecified atom stereocenters. The minimum absolute atomic E-state index is 0.0744. The molecule has 0 spiro atoms. The van der Waals surface area contributed by atoms with Crippen molar-refractivity contribution in [3.05, 3.63) is 46.7 Å². The Labute approximate surface area is 158 Å². The molecule has 27 heavy (non-hydrogen) atoms. The second-order valence-electron chi connectivity index (χ2n) is 7.38. The van der Waals surface area contributed by atoms with Crippen molar-refractivity contribution in [1.82, 2.24) is 5.32 Å². The molecule has 1 aromatic carbocycles. The zero-order valence-electron chi connectivity index (χ0n) is 15.5. The highest BCUT2D eigenvalue weighted by molar-refractivity contribution is 5.95. The number of hydrogen-bond donors (Lipinski definition) is 1. The molecule has 1 atom stereocenters. The maximum absolute atomic E-state index is 14.3. The molecule has 2 aliphatic rings. The van der Waals surface area contributed by atoms with Gasteiger partial charge in [0, 0.05) is 24.1 Å². The smallest absolute Gasteiger partial charge is 0.336 e. The molecular weight excluding hydrogens is 352 g/mol. The molecule has 1 aliphatic carbocycles. The predicted octanol–water partition coefficient (Wildman–Crippen LogP) is 4.50. The van der Waals surface area contributed by atoms with Gasteiger partial charge < -0.3 is 10.1 Å². The highest BCUT2D eigenvalue weighted by atomic mass is 19.1. The molecule has 3 rings (SSSR count). The van der Waals surface area contributed by atoms with E-state index in [1.54, 1.807) is 6.92 Å². The average molecular weight is 377 g/mol. The molecule has 4 nitrogen and oxygen atoms in total. The molecule has 1 fully saturated rings. The van der Waals surface area contributed by atoms with Crippen LogP contribution in [-0.2, 0) is 14.3 Å². The fourth-order valence-electron chi connectivity index (χ4n) is 3.97. The molecule has 1 aliphatic heterocycles. The van der Waals surface area contributed by atoms with Gasteiger partial charge in [0.1, 0.15) is 17.7 Å². The van der Waals surface area contributed by atoms with Gasteiger partial charge in [-0.25, -0.2) is 13.6 Å². The number of carbonyl (C=O) groups is 2. The predicted molar refractivity (Wildman–Crippen MR) is 96.8 cm³/mol. The van der Waals surface area contributed by atoms with Gasteiger partial charge in [-0.2, -0.15) is 0 Å². The quantitative estimate of drug-likeness (QED) is 0.789. The molecule has 1 amide bonds. The van der Waals surface area contributed by atoms with Crippen molar-refractivity contribution < 1.29 is 23.1 Å². The van der Waals surface area contributed by atoms with Gasteiger partial charge in [0.05, 0.1) is 5.57 Å². The van der Waals surface area contributed by atoms with Crippen LogP contribution in [0.2, 0.25) is 0 Å². The number of esters is 1. The molecule has 0 radical (unpaired) electrons. The van der Waals surface area contributed by atoms with Crippen LogP contribution < -0.4 is 5.32 Å². The van der Waals surface area contributed by atoms with E-state index in [1.165, 1.54) is 12.5 Å². The Morgan fingerprint density at radius 3 is 2.44 bits per heavy atom. The van der Waals surface area contributed by atoms with Crippen molar-refractivity contribution >= 4 is 11.9 Å². The number of amides is 1. The maximum Gasteiger partial charge on any atom is 0.336 e. The number of hydrogen-bond acceptors (Lipinski definition) is 3. The van der Waals surface area contributed by atoms with Crippen molar-refractivity contribution in [3.8, 4) is 0 Å². The van der Waals surface area contributed by atoms with Gasteiger partial charge in [-0.3, -0.25) is 4.79 Å². The van der Waals surface area contributed by atoms with E-state index in [0.717, 1.165) is 50.7 Å². The van der Waals surface area contributed by atoms with Crippen LogP contribution in [-0.4, -0.2) is 18.0 Å². The summed E-state index contributed by atoms with van der Waals surface area (Å²) in [5.74, 6) is -3.06. The van der Waals surface area contributed by atoms with E-state index in [1.807, 2.05) is 0 Å². The van der Waals surface area contributed by atoms with Gasteiger partial charge >= 0.3 is 5.97 Å². The number of ether oxygens (including phenoxy) is 1. The van der Waals surface area contributed by atoms with Crippen molar-refractivity contribution in [2.45, 2.75) is 70.3 Å². The fourth-order valence-corrected chi connectivity index (χ4v) is 3.97. The molecule has 1 aromatic rings.